The zero-order valence-corrected chi connectivity index (χ0v) is 24.9. The number of unbranched alkanes of at least 4 members (excludes halogenated alkanes) is 1. The summed E-state index contributed by atoms with van der Waals surface area (Å²) in [6.07, 6.45) is 6.71. The minimum Gasteiger partial charge on any atom is -0.396 e. The number of carbonyl (C=O) groups is 1. The molecule has 1 aliphatic heterocycles. The topological polar surface area (TPSA) is 96.6 Å². The number of nitrogens with zero attached hydrogens (tertiary/aromatic N) is 4. The molecule has 3 aromatic rings. The smallest absolute Gasteiger partial charge is 0.223 e. The maximum absolute atomic E-state index is 13.8. The minimum atomic E-state index is -0.306. The van der Waals surface area contributed by atoms with E-state index in [-0.39, 0.29) is 17.9 Å². The van der Waals surface area contributed by atoms with Gasteiger partial charge in [-0.25, -0.2) is 14.4 Å². The Bertz CT molecular complexity index is 1310. The van der Waals surface area contributed by atoms with Crippen LogP contribution in [0.4, 0.5) is 10.3 Å². The highest BCUT2D eigenvalue weighted by atomic mass is 19.1. The summed E-state index contributed by atoms with van der Waals surface area (Å²) < 4.78 is 19.3. The van der Waals surface area contributed by atoms with E-state index in [9.17, 15) is 9.18 Å². The summed E-state index contributed by atoms with van der Waals surface area (Å²) in [5.41, 5.74) is 11.6. The van der Waals surface area contributed by atoms with Crippen molar-refractivity contribution in [2.45, 2.75) is 58.2 Å². The van der Waals surface area contributed by atoms with Crippen LogP contribution in [0.3, 0.4) is 0 Å². The Labute approximate surface area is 248 Å². The summed E-state index contributed by atoms with van der Waals surface area (Å²) >= 11 is 0. The van der Waals surface area contributed by atoms with Crippen LogP contribution in [0.2, 0.25) is 0 Å². The van der Waals surface area contributed by atoms with E-state index < -0.39 is 0 Å². The minimum absolute atomic E-state index is 0.159. The molecular weight excluding hydrogens is 531 g/mol. The van der Waals surface area contributed by atoms with Gasteiger partial charge in [0.1, 0.15) is 12.1 Å². The average Bonchev–Trinajstić information content (AvgIpc) is 3.36. The Morgan fingerprint density at radius 2 is 1.93 bits per heavy atom. The Balaban J connectivity index is 1.70. The van der Waals surface area contributed by atoms with Crippen LogP contribution >= 0.6 is 0 Å². The van der Waals surface area contributed by atoms with Gasteiger partial charge in [0, 0.05) is 57.1 Å². The number of halogens is 1. The maximum atomic E-state index is 13.8. The van der Waals surface area contributed by atoms with Gasteiger partial charge in [-0.3, -0.25) is 9.69 Å². The van der Waals surface area contributed by atoms with Crippen molar-refractivity contribution in [3.05, 3.63) is 89.0 Å². The zero-order chi connectivity index (χ0) is 29.9. The number of aldehydes is 1. The fourth-order valence-corrected chi connectivity index (χ4v) is 5.50. The second-order valence-corrected chi connectivity index (χ2v) is 10.9. The Morgan fingerprint density at radius 3 is 2.62 bits per heavy atom. The molecule has 0 radical (unpaired) electrons. The van der Waals surface area contributed by atoms with Gasteiger partial charge in [-0.05, 0) is 67.6 Å². The summed E-state index contributed by atoms with van der Waals surface area (Å²) in [6, 6.07) is 16.3. The van der Waals surface area contributed by atoms with Crippen molar-refractivity contribution in [3.63, 3.8) is 0 Å². The molecule has 1 aromatic heterocycles. The first kappa shape index (κ1) is 31.1. The summed E-state index contributed by atoms with van der Waals surface area (Å²) in [7, 11) is 1.71. The van der Waals surface area contributed by atoms with E-state index in [1.54, 1.807) is 25.4 Å². The summed E-state index contributed by atoms with van der Waals surface area (Å²) in [6.45, 7) is 8.04. The van der Waals surface area contributed by atoms with Gasteiger partial charge < -0.3 is 20.7 Å². The van der Waals surface area contributed by atoms with Gasteiger partial charge in [-0.15, -0.1) is 0 Å². The number of nitrogens with one attached hydrogen (secondary N) is 1. The predicted molar refractivity (Wildman–Crippen MR) is 166 cm³/mol. The highest BCUT2D eigenvalue weighted by Crippen LogP contribution is 2.36. The molecule has 224 valence electrons. The first-order valence-corrected chi connectivity index (χ1v) is 14.8. The van der Waals surface area contributed by atoms with Crippen LogP contribution in [0, 0.1) is 5.82 Å². The second-order valence-electron chi connectivity index (χ2n) is 10.9. The molecule has 4 rings (SSSR count). The van der Waals surface area contributed by atoms with E-state index >= 15 is 0 Å². The number of rotatable bonds is 15. The van der Waals surface area contributed by atoms with Crippen LogP contribution in [0.5, 0.6) is 0 Å². The second kappa shape index (κ2) is 15.4. The molecule has 8 nitrogen and oxygen atoms in total. The first-order chi connectivity index (χ1) is 20.4. The molecule has 1 saturated heterocycles. The quantitative estimate of drug-likeness (QED) is 0.183. The molecule has 42 heavy (non-hydrogen) atoms. The third-order valence-corrected chi connectivity index (χ3v) is 7.77. The van der Waals surface area contributed by atoms with Crippen molar-refractivity contribution in [2.75, 3.05) is 38.7 Å². The molecular formula is C33H43FN6O2. The number of hydrogen-bond donors (Lipinski definition) is 2. The average molecular weight is 575 g/mol. The lowest BCUT2D eigenvalue weighted by Crippen LogP contribution is -2.43. The largest absolute Gasteiger partial charge is 0.396 e. The van der Waals surface area contributed by atoms with Crippen LogP contribution in [0.15, 0.2) is 60.8 Å². The van der Waals surface area contributed by atoms with Crippen molar-refractivity contribution in [1.82, 2.24) is 19.8 Å². The highest BCUT2D eigenvalue weighted by molar-refractivity contribution is 5.87. The van der Waals surface area contributed by atoms with E-state index in [4.69, 9.17) is 15.5 Å². The van der Waals surface area contributed by atoms with Gasteiger partial charge in [0.05, 0.1) is 23.7 Å². The van der Waals surface area contributed by atoms with E-state index in [0.717, 1.165) is 80.7 Å². The maximum Gasteiger partial charge on any atom is 0.223 e. The Morgan fingerprint density at radius 1 is 1.17 bits per heavy atom. The van der Waals surface area contributed by atoms with Crippen LogP contribution in [0.25, 0.3) is 11.4 Å². The molecule has 1 aliphatic rings. The number of anilines is 1. The Kier molecular flexibility index (Phi) is 11.4. The number of likely N-dealkylation sites (tertiary alicyclic amines) is 1. The highest BCUT2D eigenvalue weighted by Gasteiger charge is 2.35. The number of ether oxygens (including phenoxy) is 1. The fraction of sp³-hybridized carbons (Fsp3) is 0.424. The van der Waals surface area contributed by atoms with Crippen molar-refractivity contribution in [1.29, 1.82) is 0 Å². The summed E-state index contributed by atoms with van der Waals surface area (Å²) in [5.74, 6) is 0.258. The van der Waals surface area contributed by atoms with Gasteiger partial charge in [0.25, 0.3) is 0 Å². The molecule has 2 heterocycles. The molecule has 1 fully saturated rings. The van der Waals surface area contributed by atoms with Crippen LogP contribution in [-0.2, 0) is 11.3 Å². The summed E-state index contributed by atoms with van der Waals surface area (Å²) in [4.78, 5) is 25.3. The molecule has 2 unspecified atom stereocenters. The molecule has 0 spiro atoms. The van der Waals surface area contributed by atoms with Crippen molar-refractivity contribution >= 4 is 23.6 Å². The van der Waals surface area contributed by atoms with E-state index in [1.165, 1.54) is 12.1 Å². The van der Waals surface area contributed by atoms with Gasteiger partial charge in [-0.1, -0.05) is 37.6 Å². The summed E-state index contributed by atoms with van der Waals surface area (Å²) in [5, 5.41) is 3.33. The van der Waals surface area contributed by atoms with Crippen molar-refractivity contribution in [3.8, 4) is 0 Å². The number of aromatic nitrogens is 2. The van der Waals surface area contributed by atoms with Crippen LogP contribution in [-0.4, -0.2) is 71.5 Å². The SMILES string of the molecule is CCCCNc1nccc(/C(=C(/N)c2ccc(F)cc2)N2C(C)CCC2CN(CCOC)Cc2ccc(C=O)cc2)n1. The molecule has 0 aliphatic carbocycles. The van der Waals surface area contributed by atoms with Gasteiger partial charge in [-0.2, -0.15) is 0 Å². The number of hydrogen-bond acceptors (Lipinski definition) is 8. The first-order valence-electron chi connectivity index (χ1n) is 14.8. The number of nitrogens with two attached hydrogens (primary N) is 1. The van der Waals surface area contributed by atoms with Gasteiger partial charge in [0.2, 0.25) is 5.95 Å². The van der Waals surface area contributed by atoms with E-state index in [1.807, 2.05) is 30.3 Å². The zero-order valence-electron chi connectivity index (χ0n) is 24.9. The van der Waals surface area contributed by atoms with Crippen molar-refractivity contribution < 1.29 is 13.9 Å². The third kappa shape index (κ3) is 8.14. The fourth-order valence-electron chi connectivity index (χ4n) is 5.50. The van der Waals surface area contributed by atoms with E-state index in [2.05, 4.69) is 33.9 Å². The predicted octanol–water partition coefficient (Wildman–Crippen LogP) is 5.43. The molecule has 2 aromatic carbocycles. The lowest BCUT2D eigenvalue weighted by Gasteiger charge is -2.37. The molecule has 9 heteroatoms. The van der Waals surface area contributed by atoms with E-state index in [0.29, 0.717) is 23.8 Å². The lowest BCUT2D eigenvalue weighted by molar-refractivity contribution is 0.112. The Hall–Kier alpha value is -3.82. The molecule has 2 atom stereocenters. The molecule has 0 amide bonds. The molecule has 0 saturated carbocycles. The van der Waals surface area contributed by atoms with Gasteiger partial charge in [0.15, 0.2) is 0 Å². The normalized spacial score (nSPS) is 17.4. The van der Waals surface area contributed by atoms with Crippen molar-refractivity contribution in [2.24, 2.45) is 5.73 Å². The van der Waals surface area contributed by atoms with Crippen LogP contribution < -0.4 is 11.1 Å². The molecule has 0 bridgehead atoms. The molecule has 3 N–H and O–H groups in total. The number of methoxy groups -OCH3 is 1. The monoisotopic (exact) mass is 574 g/mol. The number of benzene rings is 2. The number of carbonyl (C=O) groups excluding carboxylic acids is 1. The van der Waals surface area contributed by atoms with Gasteiger partial charge >= 0.3 is 0 Å². The van der Waals surface area contributed by atoms with Crippen LogP contribution in [0.1, 0.15) is 66.7 Å². The lowest BCUT2D eigenvalue weighted by atomic mass is 10.1. The third-order valence-electron chi connectivity index (χ3n) is 7.77. The standard InChI is InChI=1S/C33H43FN6O2/c1-4-5-17-36-33-37-18-16-30(38-33)32(31(35)27-11-13-28(34)14-12-27)40-24(2)6-15-29(40)22-39(19-20-42-3)21-25-7-9-26(23-41)10-8-25/h7-14,16,18,23-24,29H,4-6,15,17,19-22,35H2,1-3H3,(H,36,37,38)/b32-31-.